The number of aromatic nitrogens is 4. The summed E-state index contributed by atoms with van der Waals surface area (Å²) in [6, 6.07) is 2.08. The van der Waals surface area contributed by atoms with Crippen molar-refractivity contribution < 1.29 is 4.52 Å². The molecule has 0 atom stereocenters. The van der Waals surface area contributed by atoms with Crippen molar-refractivity contribution in [2.75, 3.05) is 31.1 Å². The average Bonchev–Trinajstić information content (AvgIpc) is 3.04. The van der Waals surface area contributed by atoms with Gasteiger partial charge in [0.05, 0.1) is 11.6 Å². The van der Waals surface area contributed by atoms with Gasteiger partial charge in [-0.05, 0) is 25.8 Å². The molecule has 1 saturated heterocycles. The number of anilines is 1. The number of hydrogen-bond acceptors (Lipinski definition) is 6. The molecule has 7 nitrogen and oxygen atoms in total. The molecule has 2 aliphatic rings. The average molecular weight is 338 g/mol. The molecule has 25 heavy (non-hydrogen) atoms. The Hall–Kier alpha value is -2.41. The molecule has 2 fully saturated rings. The Morgan fingerprint density at radius 1 is 1.24 bits per heavy atom. The second kappa shape index (κ2) is 5.56. The van der Waals surface area contributed by atoms with Crippen LogP contribution in [0.1, 0.15) is 24.2 Å². The molecular weight excluding hydrogens is 316 g/mol. The molecule has 1 aliphatic heterocycles. The van der Waals surface area contributed by atoms with Crippen molar-refractivity contribution in [2.45, 2.75) is 26.3 Å². The maximum absolute atomic E-state index is 5.23. The van der Waals surface area contributed by atoms with E-state index >= 15 is 0 Å². The first-order valence-electron chi connectivity index (χ1n) is 8.88. The van der Waals surface area contributed by atoms with Crippen molar-refractivity contribution in [3.8, 4) is 0 Å². The number of aromatic amines is 1. The molecule has 4 heterocycles. The van der Waals surface area contributed by atoms with Gasteiger partial charge >= 0.3 is 0 Å². The van der Waals surface area contributed by atoms with Gasteiger partial charge in [0.15, 0.2) is 0 Å². The molecule has 3 aromatic rings. The summed E-state index contributed by atoms with van der Waals surface area (Å²) in [5.74, 6) is 1.98. The lowest BCUT2D eigenvalue weighted by molar-refractivity contribution is 0.238. The maximum Gasteiger partial charge on any atom is 0.142 e. The lowest BCUT2D eigenvalue weighted by atomic mass is 10.1. The minimum Gasteiger partial charge on any atom is -0.361 e. The predicted octanol–water partition coefficient (Wildman–Crippen LogP) is 2.36. The summed E-state index contributed by atoms with van der Waals surface area (Å²) in [4.78, 5) is 17.1. The quantitative estimate of drug-likeness (QED) is 0.790. The largest absolute Gasteiger partial charge is 0.361 e. The number of nitrogens with zero attached hydrogens (tertiary/aromatic N) is 5. The summed E-state index contributed by atoms with van der Waals surface area (Å²) in [7, 11) is 0. The monoisotopic (exact) mass is 338 g/mol. The van der Waals surface area contributed by atoms with E-state index in [1.807, 2.05) is 19.3 Å². The van der Waals surface area contributed by atoms with Crippen molar-refractivity contribution >= 4 is 16.9 Å². The highest BCUT2D eigenvalue weighted by Gasteiger charge is 2.47. The Morgan fingerprint density at radius 2 is 2.16 bits per heavy atom. The fraction of sp³-hybridized carbons (Fsp3) is 0.500. The van der Waals surface area contributed by atoms with E-state index in [9.17, 15) is 0 Å². The molecular formula is C18H22N6O. The lowest BCUT2D eigenvalue weighted by Gasteiger charge is -2.25. The minimum atomic E-state index is 0.398. The standard InChI is InChI=1S/C18H22N6O/c1-13-14(8-22-25-13)9-23-6-7-24(11-18(10-23)3-4-18)17-15-2-5-19-16(15)20-12-21-17/h2,5,8,12H,3-4,6-7,9-11H2,1H3,(H,19,20,21). The zero-order valence-electron chi connectivity index (χ0n) is 14.4. The van der Waals surface area contributed by atoms with E-state index in [4.69, 9.17) is 4.52 Å². The Balaban J connectivity index is 1.41. The molecule has 3 aromatic heterocycles. The summed E-state index contributed by atoms with van der Waals surface area (Å²) < 4.78 is 5.23. The van der Waals surface area contributed by atoms with E-state index in [1.165, 1.54) is 18.4 Å². The van der Waals surface area contributed by atoms with Crippen LogP contribution in [0.15, 0.2) is 29.3 Å². The number of nitrogens with one attached hydrogen (secondary N) is 1. The highest BCUT2D eigenvalue weighted by molar-refractivity contribution is 5.87. The first kappa shape index (κ1) is 14.9. The highest BCUT2D eigenvalue weighted by Crippen LogP contribution is 2.48. The van der Waals surface area contributed by atoms with Crippen molar-refractivity contribution in [1.29, 1.82) is 0 Å². The molecule has 1 N–H and O–H groups in total. The van der Waals surface area contributed by atoms with Gasteiger partial charge in [-0.25, -0.2) is 9.97 Å². The number of rotatable bonds is 3. The van der Waals surface area contributed by atoms with Crippen molar-refractivity contribution in [3.63, 3.8) is 0 Å². The zero-order valence-corrected chi connectivity index (χ0v) is 14.4. The Kier molecular flexibility index (Phi) is 3.31. The molecule has 0 amide bonds. The lowest BCUT2D eigenvalue weighted by Crippen LogP contribution is -2.31. The smallest absolute Gasteiger partial charge is 0.142 e. The summed E-state index contributed by atoms with van der Waals surface area (Å²) in [6.45, 7) is 7.10. The van der Waals surface area contributed by atoms with Gasteiger partial charge in [-0.2, -0.15) is 0 Å². The molecule has 130 valence electrons. The van der Waals surface area contributed by atoms with Gasteiger partial charge in [-0.3, -0.25) is 4.90 Å². The van der Waals surface area contributed by atoms with Crippen LogP contribution in [-0.2, 0) is 6.54 Å². The third-order valence-electron chi connectivity index (χ3n) is 5.61. The molecule has 5 rings (SSSR count). The number of hydrogen-bond donors (Lipinski definition) is 1. The van der Waals surface area contributed by atoms with Crippen LogP contribution in [0, 0.1) is 12.3 Å². The van der Waals surface area contributed by atoms with Crippen LogP contribution in [0.3, 0.4) is 0 Å². The third-order valence-corrected chi connectivity index (χ3v) is 5.61. The molecule has 1 spiro atoms. The van der Waals surface area contributed by atoms with Gasteiger partial charge < -0.3 is 14.4 Å². The Morgan fingerprint density at radius 3 is 2.96 bits per heavy atom. The number of aryl methyl sites for hydroxylation is 1. The van der Waals surface area contributed by atoms with Crippen LogP contribution in [0.5, 0.6) is 0 Å². The van der Waals surface area contributed by atoms with Gasteiger partial charge in [0.25, 0.3) is 0 Å². The van der Waals surface area contributed by atoms with Crippen LogP contribution < -0.4 is 4.90 Å². The second-order valence-corrected chi connectivity index (χ2v) is 7.48. The molecule has 1 aliphatic carbocycles. The predicted molar refractivity (Wildman–Crippen MR) is 94.3 cm³/mol. The van der Waals surface area contributed by atoms with Gasteiger partial charge in [-0.15, -0.1) is 0 Å². The zero-order chi connectivity index (χ0) is 16.9. The molecule has 0 unspecified atom stereocenters. The van der Waals surface area contributed by atoms with E-state index in [-0.39, 0.29) is 0 Å². The van der Waals surface area contributed by atoms with Crippen molar-refractivity contribution in [3.05, 3.63) is 36.1 Å². The van der Waals surface area contributed by atoms with Crippen LogP contribution in [-0.4, -0.2) is 51.2 Å². The number of H-pyrrole nitrogens is 1. The van der Waals surface area contributed by atoms with Crippen molar-refractivity contribution in [2.24, 2.45) is 5.41 Å². The first-order chi connectivity index (χ1) is 12.2. The summed E-state index contributed by atoms with van der Waals surface area (Å²) in [6.07, 6.45) is 8.05. The fourth-order valence-electron chi connectivity index (χ4n) is 3.98. The molecule has 0 aromatic carbocycles. The SMILES string of the molecule is Cc1oncc1CN1CCN(c2ncnc3[nH]ccc23)CC2(CC2)C1. The normalized spacial score (nSPS) is 20.3. The van der Waals surface area contributed by atoms with E-state index in [0.29, 0.717) is 5.41 Å². The maximum atomic E-state index is 5.23. The van der Waals surface area contributed by atoms with Gasteiger partial charge in [0.1, 0.15) is 23.6 Å². The second-order valence-electron chi connectivity index (χ2n) is 7.48. The summed E-state index contributed by atoms with van der Waals surface area (Å²) >= 11 is 0. The molecule has 0 bridgehead atoms. The van der Waals surface area contributed by atoms with Crippen LogP contribution in [0.25, 0.3) is 11.0 Å². The van der Waals surface area contributed by atoms with E-state index in [0.717, 1.165) is 55.3 Å². The van der Waals surface area contributed by atoms with Crippen LogP contribution >= 0.6 is 0 Å². The Bertz CT molecular complexity index is 896. The molecule has 1 saturated carbocycles. The summed E-state index contributed by atoms with van der Waals surface area (Å²) in [5.41, 5.74) is 2.50. The molecule has 7 heteroatoms. The van der Waals surface area contributed by atoms with Crippen LogP contribution in [0.2, 0.25) is 0 Å². The minimum absolute atomic E-state index is 0.398. The van der Waals surface area contributed by atoms with Crippen molar-refractivity contribution in [1.82, 2.24) is 25.0 Å². The highest BCUT2D eigenvalue weighted by atomic mass is 16.5. The van der Waals surface area contributed by atoms with E-state index in [1.54, 1.807) is 6.33 Å². The number of fused-ring (bicyclic) bond motifs is 1. The Labute approximate surface area is 146 Å². The van der Waals surface area contributed by atoms with Crippen LogP contribution in [0.4, 0.5) is 5.82 Å². The topological polar surface area (TPSA) is 74.1 Å². The summed E-state index contributed by atoms with van der Waals surface area (Å²) in [5, 5.41) is 5.03. The van der Waals surface area contributed by atoms with Gasteiger partial charge in [0.2, 0.25) is 0 Å². The van der Waals surface area contributed by atoms with Gasteiger partial charge in [0, 0.05) is 49.9 Å². The first-order valence-corrected chi connectivity index (χ1v) is 8.88. The third kappa shape index (κ3) is 2.68. The van der Waals surface area contributed by atoms with E-state index < -0.39 is 0 Å². The van der Waals surface area contributed by atoms with Gasteiger partial charge in [-0.1, -0.05) is 5.16 Å². The fourth-order valence-corrected chi connectivity index (χ4v) is 3.98. The van der Waals surface area contributed by atoms with E-state index in [2.05, 4.69) is 36.0 Å². The molecule has 0 radical (unpaired) electrons.